The molecule has 0 bridgehead atoms. The molecule has 0 aromatic heterocycles. The second-order valence-corrected chi connectivity index (χ2v) is 9.39. The van der Waals surface area contributed by atoms with Gasteiger partial charge in [0.2, 0.25) is 0 Å². The predicted molar refractivity (Wildman–Crippen MR) is 139 cm³/mol. The van der Waals surface area contributed by atoms with E-state index in [1.807, 2.05) is 0 Å². The first-order valence-corrected chi connectivity index (χ1v) is 12.3. The van der Waals surface area contributed by atoms with Gasteiger partial charge in [0, 0.05) is 35.0 Å². The topological polar surface area (TPSA) is 131 Å². The Morgan fingerprint density at radius 2 is 1.95 bits per heavy atom. The molecule has 2 amide bonds. The molecule has 2 atom stereocenters. The number of hydrogen-bond acceptors (Lipinski definition) is 7. The molecule has 37 heavy (non-hydrogen) atoms. The molecule has 0 aliphatic carbocycles. The normalized spacial score (nSPS) is 17.5. The lowest BCUT2D eigenvalue weighted by Gasteiger charge is -2.38. The number of nitro benzene ring substituents is 1. The third-order valence-corrected chi connectivity index (χ3v) is 6.07. The zero-order valence-corrected chi connectivity index (χ0v) is 21.6. The molecule has 1 aliphatic heterocycles. The Morgan fingerprint density at radius 1 is 1.22 bits per heavy atom. The number of urea groups is 1. The monoisotopic (exact) mass is 528 g/mol. The number of halogens is 1. The summed E-state index contributed by atoms with van der Waals surface area (Å²) in [5.41, 5.74) is 1.07. The first-order valence-electron chi connectivity index (χ1n) is 11.9. The van der Waals surface area contributed by atoms with Crippen molar-refractivity contribution < 1.29 is 24.0 Å². The van der Waals surface area contributed by atoms with Gasteiger partial charge in [-0.05, 0) is 51.4 Å². The molecule has 1 aliphatic rings. The maximum atomic E-state index is 13.0. The van der Waals surface area contributed by atoms with Crippen molar-refractivity contribution >= 4 is 40.8 Å². The highest BCUT2D eigenvalue weighted by molar-refractivity contribution is 6.31. The van der Waals surface area contributed by atoms with Crippen LogP contribution in [-0.2, 0) is 9.53 Å². The Labute approximate surface area is 219 Å². The van der Waals surface area contributed by atoms with Crippen molar-refractivity contribution in [1.82, 2.24) is 10.2 Å². The Hall–Kier alpha value is -3.63. The molecule has 2 aromatic rings. The molecule has 3 rings (SSSR count). The number of hydrogen-bond donors (Lipinski definition) is 1. The standard InChI is InChI=1S/C26H29ClN4O6/c1-16(2)37-25(33)23-17(3)29-26(34)30(24(23)19-8-5-10-21(14-19)31(35)36)12-6-11-28-15-22(32)18-7-4-9-20(27)13-18/h4-5,7-10,13-14,16,23-24,28H,6,11-12,15H2,1-3H3. The summed E-state index contributed by atoms with van der Waals surface area (Å²) in [7, 11) is 0. The van der Waals surface area contributed by atoms with Gasteiger partial charge in [-0.1, -0.05) is 35.9 Å². The number of aliphatic imine (C=N–C) groups is 1. The van der Waals surface area contributed by atoms with Gasteiger partial charge in [-0.2, -0.15) is 0 Å². The maximum absolute atomic E-state index is 13.0. The number of rotatable bonds is 11. The number of ether oxygens (including phenoxy) is 1. The van der Waals surface area contributed by atoms with E-state index in [9.17, 15) is 24.5 Å². The fourth-order valence-corrected chi connectivity index (χ4v) is 4.38. The molecule has 196 valence electrons. The number of nitrogens with one attached hydrogen (secondary N) is 1. The summed E-state index contributed by atoms with van der Waals surface area (Å²) in [5.74, 6) is -1.60. The second kappa shape index (κ2) is 12.6. The number of carbonyl (C=O) groups excluding carboxylic acids is 3. The van der Waals surface area contributed by atoms with Gasteiger partial charge in [-0.25, -0.2) is 9.79 Å². The molecule has 1 heterocycles. The highest BCUT2D eigenvalue weighted by Crippen LogP contribution is 2.36. The number of ketones is 1. The average molecular weight is 529 g/mol. The lowest BCUT2D eigenvalue weighted by molar-refractivity contribution is -0.385. The highest BCUT2D eigenvalue weighted by atomic mass is 35.5. The van der Waals surface area contributed by atoms with Gasteiger partial charge in [-0.3, -0.25) is 19.7 Å². The van der Waals surface area contributed by atoms with Gasteiger partial charge in [0.15, 0.2) is 5.78 Å². The van der Waals surface area contributed by atoms with E-state index in [-0.39, 0.29) is 30.3 Å². The van der Waals surface area contributed by atoms with Crippen molar-refractivity contribution in [2.45, 2.75) is 39.3 Å². The molecule has 0 spiro atoms. The predicted octanol–water partition coefficient (Wildman–Crippen LogP) is 4.62. The zero-order chi connectivity index (χ0) is 27.1. The van der Waals surface area contributed by atoms with Crippen molar-refractivity contribution in [2.75, 3.05) is 19.6 Å². The van der Waals surface area contributed by atoms with Crippen molar-refractivity contribution in [2.24, 2.45) is 10.9 Å². The molecule has 0 saturated heterocycles. The van der Waals surface area contributed by atoms with E-state index in [0.717, 1.165) is 0 Å². The summed E-state index contributed by atoms with van der Waals surface area (Å²) in [6.45, 7) is 5.70. The van der Waals surface area contributed by atoms with E-state index in [4.69, 9.17) is 16.3 Å². The first kappa shape index (κ1) is 27.9. The lowest BCUT2D eigenvalue weighted by atomic mass is 9.86. The van der Waals surface area contributed by atoms with Crippen molar-refractivity contribution in [3.8, 4) is 0 Å². The maximum Gasteiger partial charge on any atom is 0.344 e. The Bertz CT molecular complexity index is 1220. The highest BCUT2D eigenvalue weighted by Gasteiger charge is 2.43. The third-order valence-electron chi connectivity index (χ3n) is 5.83. The number of carbonyl (C=O) groups is 3. The third kappa shape index (κ3) is 7.21. The van der Waals surface area contributed by atoms with Crippen LogP contribution in [0.5, 0.6) is 0 Å². The van der Waals surface area contributed by atoms with Crippen molar-refractivity contribution in [1.29, 1.82) is 0 Å². The summed E-state index contributed by atoms with van der Waals surface area (Å²) in [4.78, 5) is 54.7. The molecule has 11 heteroatoms. The summed E-state index contributed by atoms with van der Waals surface area (Å²) < 4.78 is 5.44. The molecular weight excluding hydrogens is 500 g/mol. The number of esters is 1. The number of non-ortho nitro benzene ring substituents is 1. The largest absolute Gasteiger partial charge is 0.462 e. The Kier molecular flexibility index (Phi) is 9.48. The van der Waals surface area contributed by atoms with Crippen LogP contribution in [0.15, 0.2) is 53.5 Å². The lowest BCUT2D eigenvalue weighted by Crippen LogP contribution is -2.48. The number of nitro groups is 1. The summed E-state index contributed by atoms with van der Waals surface area (Å²) in [6.07, 6.45) is 0.0546. The molecule has 2 unspecified atom stereocenters. The minimum absolute atomic E-state index is 0.0865. The van der Waals surface area contributed by atoms with E-state index in [1.165, 1.54) is 23.1 Å². The number of benzene rings is 2. The fourth-order valence-electron chi connectivity index (χ4n) is 4.19. The minimum Gasteiger partial charge on any atom is -0.462 e. The van der Waals surface area contributed by atoms with Gasteiger partial charge in [0.25, 0.3) is 5.69 Å². The van der Waals surface area contributed by atoms with Crippen LogP contribution in [0.2, 0.25) is 5.02 Å². The Balaban J connectivity index is 1.77. The van der Waals surface area contributed by atoms with E-state index in [2.05, 4.69) is 10.3 Å². The van der Waals surface area contributed by atoms with Gasteiger partial charge in [0.1, 0.15) is 5.92 Å². The zero-order valence-electron chi connectivity index (χ0n) is 20.8. The van der Waals surface area contributed by atoms with Gasteiger partial charge >= 0.3 is 12.0 Å². The molecule has 0 saturated carbocycles. The molecular formula is C26H29ClN4O6. The van der Waals surface area contributed by atoms with Crippen LogP contribution in [0.1, 0.15) is 49.2 Å². The van der Waals surface area contributed by atoms with Gasteiger partial charge < -0.3 is 15.0 Å². The van der Waals surface area contributed by atoms with Gasteiger partial charge in [0.05, 0.1) is 23.6 Å². The number of nitrogens with zero attached hydrogens (tertiary/aromatic N) is 3. The SMILES string of the molecule is CC1=NC(=O)N(CCCNCC(=O)c2cccc(Cl)c2)C(c2cccc([N+](=O)[O-])c2)C1C(=O)OC(C)C. The van der Waals surface area contributed by atoms with Crippen LogP contribution in [0.25, 0.3) is 0 Å². The minimum atomic E-state index is -0.917. The van der Waals surface area contributed by atoms with Crippen LogP contribution in [-0.4, -0.2) is 59.1 Å². The van der Waals surface area contributed by atoms with E-state index < -0.39 is 35.0 Å². The van der Waals surface area contributed by atoms with Crippen LogP contribution in [0.3, 0.4) is 0 Å². The van der Waals surface area contributed by atoms with Crippen LogP contribution < -0.4 is 5.32 Å². The van der Waals surface area contributed by atoms with Crippen LogP contribution in [0, 0.1) is 16.0 Å². The number of amides is 2. The van der Waals surface area contributed by atoms with E-state index >= 15 is 0 Å². The summed E-state index contributed by atoms with van der Waals surface area (Å²) in [6, 6.07) is 11.2. The Morgan fingerprint density at radius 3 is 2.62 bits per heavy atom. The van der Waals surface area contributed by atoms with E-state index in [1.54, 1.807) is 51.1 Å². The summed E-state index contributed by atoms with van der Waals surface area (Å²) in [5, 5.41) is 14.9. The van der Waals surface area contributed by atoms with Crippen LogP contribution in [0.4, 0.5) is 10.5 Å². The van der Waals surface area contributed by atoms with Crippen molar-refractivity contribution in [3.63, 3.8) is 0 Å². The fraction of sp³-hybridized carbons (Fsp3) is 0.385. The molecule has 2 aromatic carbocycles. The van der Waals surface area contributed by atoms with Gasteiger partial charge in [-0.15, -0.1) is 0 Å². The molecule has 0 fully saturated rings. The number of Topliss-reactive ketones (excluding diaryl/α,β-unsaturated/α-hetero) is 1. The first-order chi connectivity index (χ1) is 17.6. The second-order valence-electron chi connectivity index (χ2n) is 8.95. The van der Waals surface area contributed by atoms with E-state index in [0.29, 0.717) is 29.1 Å². The van der Waals surface area contributed by atoms with Crippen LogP contribution >= 0.6 is 11.6 Å². The molecule has 1 N–H and O–H groups in total. The quantitative estimate of drug-likeness (QED) is 0.148. The average Bonchev–Trinajstić information content (AvgIpc) is 2.84. The van der Waals surface area contributed by atoms with Crippen molar-refractivity contribution in [3.05, 3.63) is 74.8 Å². The molecule has 0 radical (unpaired) electrons. The molecule has 10 nitrogen and oxygen atoms in total. The smallest absolute Gasteiger partial charge is 0.344 e. The summed E-state index contributed by atoms with van der Waals surface area (Å²) >= 11 is 5.94.